The Bertz CT molecular complexity index is 514. The van der Waals surface area contributed by atoms with Crippen LogP contribution in [0.4, 0.5) is 13.2 Å². The number of ether oxygens (including phenoxy) is 1. The highest BCUT2D eigenvalue weighted by atomic mass is 19.4. The summed E-state index contributed by atoms with van der Waals surface area (Å²) in [5.41, 5.74) is 0. The lowest BCUT2D eigenvalue weighted by Crippen LogP contribution is -2.49. The van der Waals surface area contributed by atoms with Crippen LogP contribution in [0, 0.1) is 0 Å². The lowest BCUT2D eigenvalue weighted by atomic mass is 10.0. The number of nitrogens with zero attached hydrogens (tertiary/aromatic N) is 4. The van der Waals surface area contributed by atoms with Crippen molar-refractivity contribution in [2.24, 2.45) is 0 Å². The van der Waals surface area contributed by atoms with Gasteiger partial charge in [-0.2, -0.15) is 13.2 Å². The maximum absolute atomic E-state index is 12.7. The van der Waals surface area contributed by atoms with Gasteiger partial charge >= 0.3 is 6.18 Å². The van der Waals surface area contributed by atoms with Crippen LogP contribution >= 0.6 is 0 Å². The first-order valence-electron chi connectivity index (χ1n) is 8.62. The van der Waals surface area contributed by atoms with Gasteiger partial charge in [0.2, 0.25) is 0 Å². The van der Waals surface area contributed by atoms with E-state index >= 15 is 0 Å². The molecule has 0 amide bonds. The molecule has 5 nitrogen and oxygen atoms in total. The van der Waals surface area contributed by atoms with Crippen molar-refractivity contribution in [1.29, 1.82) is 0 Å². The van der Waals surface area contributed by atoms with Crippen LogP contribution < -0.4 is 0 Å². The van der Waals surface area contributed by atoms with Crippen molar-refractivity contribution in [2.75, 3.05) is 39.4 Å². The Hall–Kier alpha value is -1.12. The molecule has 0 bridgehead atoms. The van der Waals surface area contributed by atoms with Crippen LogP contribution in [-0.4, -0.2) is 71.0 Å². The van der Waals surface area contributed by atoms with E-state index in [0.717, 1.165) is 52.2 Å². The summed E-state index contributed by atoms with van der Waals surface area (Å²) in [5.74, 6) is 0.501. The Morgan fingerprint density at radius 2 is 1.96 bits per heavy atom. The van der Waals surface area contributed by atoms with Gasteiger partial charge in [0.25, 0.3) is 0 Å². The molecule has 2 aliphatic rings. The molecule has 1 unspecified atom stereocenters. The Labute approximate surface area is 140 Å². The second-order valence-corrected chi connectivity index (χ2v) is 6.62. The van der Waals surface area contributed by atoms with E-state index in [-0.39, 0.29) is 0 Å². The molecule has 24 heavy (non-hydrogen) atoms. The number of rotatable bonds is 5. The van der Waals surface area contributed by atoms with Crippen molar-refractivity contribution in [3.8, 4) is 0 Å². The minimum Gasteiger partial charge on any atom is -0.379 e. The molecule has 0 aromatic carbocycles. The molecule has 1 aromatic heterocycles. The fourth-order valence-electron chi connectivity index (χ4n) is 3.57. The number of likely N-dealkylation sites (tertiary alicyclic amines) is 1. The summed E-state index contributed by atoms with van der Waals surface area (Å²) >= 11 is 0. The Balaban J connectivity index is 1.62. The largest absolute Gasteiger partial charge is 0.406 e. The number of hydrogen-bond acceptors (Lipinski definition) is 4. The number of morpholine rings is 1. The fourth-order valence-corrected chi connectivity index (χ4v) is 3.57. The van der Waals surface area contributed by atoms with Gasteiger partial charge in [0.05, 0.1) is 19.8 Å². The zero-order valence-electron chi connectivity index (χ0n) is 13.8. The number of halogens is 3. The highest BCUT2D eigenvalue weighted by molar-refractivity contribution is 4.95. The third kappa shape index (κ3) is 4.94. The Morgan fingerprint density at radius 3 is 2.71 bits per heavy atom. The molecule has 0 spiro atoms. The van der Waals surface area contributed by atoms with Gasteiger partial charge in [0.1, 0.15) is 12.4 Å². The average Bonchev–Trinajstić information content (AvgIpc) is 2.95. The van der Waals surface area contributed by atoms with Crippen LogP contribution in [0.2, 0.25) is 0 Å². The summed E-state index contributed by atoms with van der Waals surface area (Å²) in [4.78, 5) is 8.86. The van der Waals surface area contributed by atoms with E-state index in [1.54, 1.807) is 0 Å². The smallest absolute Gasteiger partial charge is 0.379 e. The number of imidazole rings is 1. The van der Waals surface area contributed by atoms with Gasteiger partial charge in [-0.1, -0.05) is 6.42 Å². The van der Waals surface area contributed by atoms with Crippen molar-refractivity contribution in [3.05, 3.63) is 18.2 Å². The molecule has 1 atom stereocenters. The summed E-state index contributed by atoms with van der Waals surface area (Å²) < 4.78 is 44.7. The first-order valence-corrected chi connectivity index (χ1v) is 8.62. The van der Waals surface area contributed by atoms with Crippen LogP contribution in [0.3, 0.4) is 0 Å². The molecule has 2 aliphatic heterocycles. The normalized spacial score (nSPS) is 24.4. The molecule has 0 saturated carbocycles. The molecule has 1 aromatic rings. The lowest BCUT2D eigenvalue weighted by molar-refractivity contribution is -0.141. The number of alkyl halides is 3. The summed E-state index contributed by atoms with van der Waals surface area (Å²) in [5, 5.41) is 0. The highest BCUT2D eigenvalue weighted by Crippen LogP contribution is 2.22. The van der Waals surface area contributed by atoms with Gasteiger partial charge in [-0.15, -0.1) is 0 Å². The van der Waals surface area contributed by atoms with Gasteiger partial charge in [-0.3, -0.25) is 9.80 Å². The molecule has 3 rings (SSSR count). The molecule has 136 valence electrons. The fraction of sp³-hybridized carbons (Fsp3) is 0.812. The average molecular weight is 346 g/mol. The summed E-state index contributed by atoms with van der Waals surface area (Å²) in [7, 11) is 0. The third-order valence-electron chi connectivity index (χ3n) is 4.82. The molecular weight excluding hydrogens is 321 g/mol. The zero-order chi connectivity index (χ0) is 17.0. The van der Waals surface area contributed by atoms with Gasteiger partial charge in [0.15, 0.2) is 0 Å². The lowest BCUT2D eigenvalue weighted by Gasteiger charge is -2.39. The minimum atomic E-state index is -4.22. The van der Waals surface area contributed by atoms with Crippen molar-refractivity contribution in [3.63, 3.8) is 0 Å². The maximum Gasteiger partial charge on any atom is 0.406 e. The summed E-state index contributed by atoms with van der Waals surface area (Å²) in [6.45, 7) is 4.81. The second-order valence-electron chi connectivity index (χ2n) is 6.62. The maximum atomic E-state index is 12.7. The van der Waals surface area contributed by atoms with Gasteiger partial charge in [0, 0.05) is 38.1 Å². The van der Waals surface area contributed by atoms with Crippen LogP contribution in [-0.2, 0) is 17.8 Å². The van der Waals surface area contributed by atoms with E-state index in [1.165, 1.54) is 23.4 Å². The van der Waals surface area contributed by atoms with Crippen LogP contribution in [0.5, 0.6) is 0 Å². The SMILES string of the molecule is FC(F)(F)Cn1ccnc1CN1CCCCC1CN1CCOCC1. The standard InChI is InChI=1S/C16H25F3N4O/c17-16(18,19)13-23-6-4-20-15(23)12-22-5-2-1-3-14(22)11-21-7-9-24-10-8-21/h4,6,14H,1-3,5,7-13H2. The molecule has 3 heterocycles. The molecular formula is C16H25F3N4O. The molecule has 0 N–H and O–H groups in total. The van der Waals surface area contributed by atoms with Gasteiger partial charge < -0.3 is 9.30 Å². The number of aromatic nitrogens is 2. The second kappa shape index (κ2) is 7.84. The van der Waals surface area contributed by atoms with E-state index in [1.807, 2.05) is 0 Å². The monoisotopic (exact) mass is 346 g/mol. The molecule has 2 saturated heterocycles. The van der Waals surface area contributed by atoms with Gasteiger partial charge in [-0.05, 0) is 19.4 Å². The van der Waals surface area contributed by atoms with E-state index in [4.69, 9.17) is 4.74 Å². The van der Waals surface area contributed by atoms with Crippen molar-refractivity contribution >= 4 is 0 Å². The Morgan fingerprint density at radius 1 is 1.17 bits per heavy atom. The predicted molar refractivity (Wildman–Crippen MR) is 83.6 cm³/mol. The number of piperidine rings is 1. The molecule has 0 aliphatic carbocycles. The van der Waals surface area contributed by atoms with Crippen LogP contribution in [0.15, 0.2) is 12.4 Å². The molecule has 2 fully saturated rings. The van der Waals surface area contributed by atoms with E-state index < -0.39 is 12.7 Å². The third-order valence-corrected chi connectivity index (χ3v) is 4.82. The van der Waals surface area contributed by atoms with Crippen molar-refractivity contribution < 1.29 is 17.9 Å². The predicted octanol–water partition coefficient (Wildman–Crippen LogP) is 2.13. The van der Waals surface area contributed by atoms with Crippen LogP contribution in [0.1, 0.15) is 25.1 Å². The highest BCUT2D eigenvalue weighted by Gasteiger charge is 2.30. The number of hydrogen-bond donors (Lipinski definition) is 0. The first kappa shape index (κ1) is 17.7. The van der Waals surface area contributed by atoms with E-state index in [9.17, 15) is 13.2 Å². The topological polar surface area (TPSA) is 33.5 Å². The first-order chi connectivity index (χ1) is 11.5. The Kier molecular flexibility index (Phi) is 5.78. The van der Waals surface area contributed by atoms with E-state index in [0.29, 0.717) is 18.4 Å². The summed E-state index contributed by atoms with van der Waals surface area (Å²) in [6.07, 6.45) is 2.04. The minimum absolute atomic E-state index is 0.382. The quantitative estimate of drug-likeness (QED) is 0.818. The van der Waals surface area contributed by atoms with Crippen molar-refractivity contribution in [2.45, 2.75) is 44.6 Å². The van der Waals surface area contributed by atoms with E-state index in [2.05, 4.69) is 14.8 Å². The van der Waals surface area contributed by atoms with Crippen LogP contribution in [0.25, 0.3) is 0 Å². The van der Waals surface area contributed by atoms with Crippen molar-refractivity contribution in [1.82, 2.24) is 19.4 Å². The van der Waals surface area contributed by atoms with Gasteiger partial charge in [-0.25, -0.2) is 4.98 Å². The zero-order valence-corrected chi connectivity index (χ0v) is 13.8. The molecule has 0 radical (unpaired) electrons. The molecule has 8 heteroatoms. The summed E-state index contributed by atoms with van der Waals surface area (Å²) in [6, 6.07) is 0.382.